The highest BCUT2D eigenvalue weighted by Crippen LogP contribution is 2.37. The molecule has 2 N–H and O–H groups in total. The minimum Gasteiger partial charge on any atom is -0.355 e. The minimum atomic E-state index is -0.358. The van der Waals surface area contributed by atoms with Crippen LogP contribution in [0.25, 0.3) is 0 Å². The Labute approximate surface area is 161 Å². The fourth-order valence-electron chi connectivity index (χ4n) is 2.91. The van der Waals surface area contributed by atoms with Crippen LogP contribution in [0.1, 0.15) is 11.1 Å². The second-order valence-corrected chi connectivity index (χ2v) is 6.73. The summed E-state index contributed by atoms with van der Waals surface area (Å²) in [6, 6.07) is 18.8. The molecule has 3 aromatic carbocycles. The van der Waals surface area contributed by atoms with Gasteiger partial charge in [0.05, 0.1) is 21.4 Å². The average molecular weight is 383 g/mol. The van der Waals surface area contributed by atoms with Gasteiger partial charge >= 0.3 is 6.03 Å². The summed E-state index contributed by atoms with van der Waals surface area (Å²) in [5, 5.41) is 11.2. The number of nitrogens with zero attached hydrogens (tertiary/aromatic N) is 1. The van der Waals surface area contributed by atoms with Gasteiger partial charge in [-0.3, -0.25) is 0 Å². The molecule has 1 aliphatic heterocycles. The molecule has 4 rings (SSSR count). The Bertz CT molecular complexity index is 990. The van der Waals surface area contributed by atoms with E-state index in [0.29, 0.717) is 27.8 Å². The van der Waals surface area contributed by atoms with Gasteiger partial charge in [-0.25, -0.2) is 4.79 Å². The largest absolute Gasteiger partial charge is 0.355 e. The Hall–Kier alpha value is -2.69. The highest BCUT2D eigenvalue weighted by Gasteiger charge is 2.22. The first-order chi connectivity index (χ1) is 12.6. The van der Waals surface area contributed by atoms with Crippen LogP contribution in [0.4, 0.5) is 27.5 Å². The standard InChI is InChI=1S/C20H14Cl2N3O/c21-15-8-4-5-12(19(15)22)9-13-10-17-18(25-20(26)24-17)11-16(13)23-14-6-2-1-3-7-14/h1-8,10-11,23H,9H2,(H,24,26). The zero-order chi connectivity index (χ0) is 18.1. The molecule has 4 nitrogen and oxygen atoms in total. The lowest BCUT2D eigenvalue weighted by molar-refractivity contribution is 0.256. The molecule has 0 atom stereocenters. The Morgan fingerprint density at radius 2 is 1.77 bits per heavy atom. The fourth-order valence-corrected chi connectivity index (χ4v) is 3.29. The molecule has 0 saturated carbocycles. The molecule has 1 heterocycles. The summed E-state index contributed by atoms with van der Waals surface area (Å²) in [5.74, 6) is 0. The molecule has 0 bridgehead atoms. The number of carbonyl (C=O) groups is 1. The van der Waals surface area contributed by atoms with Crippen molar-refractivity contribution in [2.45, 2.75) is 6.42 Å². The van der Waals surface area contributed by atoms with Crippen molar-refractivity contribution in [2.24, 2.45) is 0 Å². The second-order valence-electron chi connectivity index (χ2n) is 5.95. The van der Waals surface area contributed by atoms with E-state index in [1.165, 1.54) is 0 Å². The molecule has 129 valence electrons. The van der Waals surface area contributed by atoms with Gasteiger partial charge in [0.2, 0.25) is 0 Å². The van der Waals surface area contributed by atoms with E-state index in [0.717, 1.165) is 22.5 Å². The summed E-state index contributed by atoms with van der Waals surface area (Å²) in [7, 11) is 0. The van der Waals surface area contributed by atoms with Gasteiger partial charge in [-0.05, 0) is 41.5 Å². The first-order valence-electron chi connectivity index (χ1n) is 8.05. The number of hydrogen-bond donors (Lipinski definition) is 2. The van der Waals surface area contributed by atoms with Gasteiger partial charge in [0, 0.05) is 17.8 Å². The van der Waals surface area contributed by atoms with Crippen molar-refractivity contribution in [3.8, 4) is 0 Å². The molecule has 0 unspecified atom stereocenters. The minimum absolute atomic E-state index is 0.358. The highest BCUT2D eigenvalue weighted by atomic mass is 35.5. The third kappa shape index (κ3) is 3.34. The first kappa shape index (κ1) is 16.8. The number of benzene rings is 3. The molecule has 0 fully saturated rings. The third-order valence-corrected chi connectivity index (χ3v) is 5.01. The van der Waals surface area contributed by atoms with Crippen LogP contribution >= 0.6 is 23.2 Å². The Kier molecular flexibility index (Phi) is 4.45. The zero-order valence-corrected chi connectivity index (χ0v) is 15.1. The average Bonchev–Trinajstić information content (AvgIpc) is 2.99. The van der Waals surface area contributed by atoms with Crippen molar-refractivity contribution in [1.82, 2.24) is 5.32 Å². The van der Waals surface area contributed by atoms with Crippen LogP contribution in [0.2, 0.25) is 10.0 Å². The van der Waals surface area contributed by atoms with Crippen molar-refractivity contribution in [2.75, 3.05) is 10.6 Å². The van der Waals surface area contributed by atoms with Gasteiger partial charge in [-0.2, -0.15) is 5.32 Å². The van der Waals surface area contributed by atoms with E-state index in [1.807, 2.05) is 54.6 Å². The molecule has 0 aromatic heterocycles. The summed E-state index contributed by atoms with van der Waals surface area (Å²) in [4.78, 5) is 11.6. The predicted molar refractivity (Wildman–Crippen MR) is 106 cm³/mol. The lowest BCUT2D eigenvalue weighted by Crippen LogP contribution is -2.08. The monoisotopic (exact) mass is 382 g/mol. The van der Waals surface area contributed by atoms with Crippen molar-refractivity contribution in [1.29, 1.82) is 0 Å². The number of urea groups is 1. The number of amides is 2. The van der Waals surface area contributed by atoms with Gasteiger partial charge in [-0.1, -0.05) is 53.5 Å². The number of anilines is 3. The van der Waals surface area contributed by atoms with E-state index in [2.05, 4.69) is 16.0 Å². The third-order valence-electron chi connectivity index (χ3n) is 4.15. The molecular weight excluding hydrogens is 369 g/mol. The lowest BCUT2D eigenvalue weighted by atomic mass is 10.0. The number of halogens is 2. The molecule has 1 aliphatic rings. The van der Waals surface area contributed by atoms with Crippen molar-refractivity contribution >= 4 is 52.0 Å². The van der Waals surface area contributed by atoms with Crippen LogP contribution in [0, 0.1) is 0 Å². The lowest BCUT2D eigenvalue weighted by Gasteiger charge is -2.15. The van der Waals surface area contributed by atoms with Crippen LogP contribution in [0.3, 0.4) is 0 Å². The number of para-hydroxylation sites is 1. The zero-order valence-electron chi connectivity index (χ0n) is 13.6. The smallest absolute Gasteiger partial charge is 0.346 e. The van der Waals surface area contributed by atoms with Crippen molar-refractivity contribution in [3.63, 3.8) is 0 Å². The Morgan fingerprint density at radius 1 is 0.962 bits per heavy atom. The maximum absolute atomic E-state index is 11.6. The molecule has 2 amide bonds. The van der Waals surface area contributed by atoms with Crippen molar-refractivity contribution in [3.05, 3.63) is 81.8 Å². The van der Waals surface area contributed by atoms with E-state index in [1.54, 1.807) is 6.07 Å². The van der Waals surface area contributed by atoms with E-state index >= 15 is 0 Å². The summed E-state index contributed by atoms with van der Waals surface area (Å²) >= 11 is 12.5. The normalized spacial score (nSPS) is 12.3. The van der Waals surface area contributed by atoms with Gasteiger partial charge in [0.1, 0.15) is 0 Å². The maximum atomic E-state index is 11.6. The molecule has 1 radical (unpaired) electrons. The second kappa shape index (κ2) is 6.90. The fraction of sp³-hybridized carbons (Fsp3) is 0.0500. The highest BCUT2D eigenvalue weighted by molar-refractivity contribution is 6.42. The maximum Gasteiger partial charge on any atom is 0.346 e. The predicted octanol–water partition coefficient (Wildman–Crippen LogP) is 6.11. The summed E-state index contributed by atoms with van der Waals surface area (Å²) in [6.45, 7) is 0. The Balaban J connectivity index is 1.75. The van der Waals surface area contributed by atoms with Gasteiger partial charge in [0.15, 0.2) is 0 Å². The molecule has 0 saturated heterocycles. The Morgan fingerprint density at radius 3 is 2.58 bits per heavy atom. The van der Waals surface area contributed by atoms with Crippen LogP contribution in [-0.4, -0.2) is 6.03 Å². The molecule has 0 aliphatic carbocycles. The number of nitrogens with one attached hydrogen (secondary N) is 2. The van der Waals surface area contributed by atoms with Gasteiger partial charge in [-0.15, -0.1) is 0 Å². The molecule has 26 heavy (non-hydrogen) atoms. The molecule has 0 spiro atoms. The van der Waals surface area contributed by atoms with Gasteiger partial charge in [0.25, 0.3) is 0 Å². The van der Waals surface area contributed by atoms with E-state index in [-0.39, 0.29) is 6.03 Å². The van der Waals surface area contributed by atoms with Crippen molar-refractivity contribution < 1.29 is 4.79 Å². The van der Waals surface area contributed by atoms with Crippen LogP contribution in [0.5, 0.6) is 0 Å². The molecule has 3 aromatic rings. The number of hydrogen-bond acceptors (Lipinski definition) is 2. The number of fused-ring (bicyclic) bond motifs is 1. The topological polar surface area (TPSA) is 55.2 Å². The summed E-state index contributed by atoms with van der Waals surface area (Å²) in [6.07, 6.45) is 0.567. The summed E-state index contributed by atoms with van der Waals surface area (Å²) in [5.41, 5.74) is 5.02. The summed E-state index contributed by atoms with van der Waals surface area (Å²) < 4.78 is 0. The van der Waals surface area contributed by atoms with Crippen LogP contribution in [-0.2, 0) is 6.42 Å². The number of carbonyl (C=O) groups excluding carboxylic acids is 1. The van der Waals surface area contributed by atoms with Gasteiger partial charge < -0.3 is 10.6 Å². The molecular formula is C20H14Cl2N3O. The van der Waals surface area contributed by atoms with Crippen LogP contribution in [0.15, 0.2) is 60.7 Å². The van der Waals surface area contributed by atoms with E-state index in [9.17, 15) is 4.79 Å². The molecule has 6 heteroatoms. The quantitative estimate of drug-likeness (QED) is 0.571. The SMILES string of the molecule is O=C1[N]c2cc(Nc3ccccc3)c(Cc3cccc(Cl)c3Cl)cc2N1. The van der Waals surface area contributed by atoms with E-state index in [4.69, 9.17) is 23.2 Å². The first-order valence-corrected chi connectivity index (χ1v) is 8.80. The van der Waals surface area contributed by atoms with Crippen LogP contribution < -0.4 is 16.0 Å². The van der Waals surface area contributed by atoms with E-state index < -0.39 is 0 Å². The number of rotatable bonds is 4.